The topological polar surface area (TPSA) is 105 Å². The summed E-state index contributed by atoms with van der Waals surface area (Å²) in [7, 11) is 0. The molecule has 3 N–H and O–H groups in total. The van der Waals surface area contributed by atoms with Crippen LogP contribution in [0.2, 0.25) is 0 Å². The van der Waals surface area contributed by atoms with Gasteiger partial charge in [-0.15, -0.1) is 0 Å². The maximum Gasteiger partial charge on any atom is 0.336 e. The first-order valence-electron chi connectivity index (χ1n) is 8.74. The smallest absolute Gasteiger partial charge is 0.336 e. The van der Waals surface area contributed by atoms with Crippen molar-refractivity contribution in [2.75, 3.05) is 17.2 Å². The highest BCUT2D eigenvalue weighted by Crippen LogP contribution is 2.18. The fraction of sp³-hybridized carbons (Fsp3) is 0.0455. The molecule has 7 heteroatoms. The molecule has 3 aromatic rings. The van der Waals surface area contributed by atoms with Gasteiger partial charge in [-0.2, -0.15) is 0 Å². The first-order valence-corrected chi connectivity index (χ1v) is 8.74. The van der Waals surface area contributed by atoms with Gasteiger partial charge in [-0.05, 0) is 42.5 Å². The minimum absolute atomic E-state index is 0.0469. The Balaban J connectivity index is 1.63. The number of anilines is 2. The van der Waals surface area contributed by atoms with Crippen molar-refractivity contribution in [1.82, 2.24) is 0 Å². The van der Waals surface area contributed by atoms with E-state index >= 15 is 0 Å². The van der Waals surface area contributed by atoms with Gasteiger partial charge in [-0.25, -0.2) is 4.79 Å². The summed E-state index contributed by atoms with van der Waals surface area (Å²) in [4.78, 5) is 35.8. The van der Waals surface area contributed by atoms with Crippen molar-refractivity contribution in [3.63, 3.8) is 0 Å². The molecule has 0 spiro atoms. The second kappa shape index (κ2) is 9.18. The third kappa shape index (κ3) is 5.43. The van der Waals surface area contributed by atoms with Crippen molar-refractivity contribution in [2.24, 2.45) is 0 Å². The second-order valence-electron chi connectivity index (χ2n) is 6.04. The van der Waals surface area contributed by atoms with Gasteiger partial charge in [0, 0.05) is 11.4 Å². The van der Waals surface area contributed by atoms with Crippen molar-refractivity contribution in [1.29, 1.82) is 0 Å². The molecule has 7 nitrogen and oxygen atoms in total. The summed E-state index contributed by atoms with van der Waals surface area (Å²) in [5.41, 5.74) is 0.839. The number of carboxylic acid groups (broad SMARTS) is 1. The molecule has 3 aromatic carbocycles. The summed E-state index contributed by atoms with van der Waals surface area (Å²) >= 11 is 0. The Bertz CT molecular complexity index is 1030. The van der Waals surface area contributed by atoms with Crippen molar-refractivity contribution in [2.45, 2.75) is 0 Å². The summed E-state index contributed by atoms with van der Waals surface area (Å²) in [6.45, 7) is -0.160. The van der Waals surface area contributed by atoms with Crippen LogP contribution in [0.5, 0.6) is 5.75 Å². The molecule has 0 aromatic heterocycles. The molecule has 0 aliphatic heterocycles. The van der Waals surface area contributed by atoms with E-state index in [0.29, 0.717) is 17.1 Å². The van der Waals surface area contributed by atoms with Gasteiger partial charge in [0.1, 0.15) is 5.75 Å². The second-order valence-corrected chi connectivity index (χ2v) is 6.04. The van der Waals surface area contributed by atoms with E-state index < -0.39 is 11.9 Å². The number of hydrogen-bond acceptors (Lipinski definition) is 4. The molecule has 2 amide bonds. The standard InChI is InChI=1S/C22H18N2O5/c25-20(14-29-17-9-2-1-3-10-17)23-15-7-6-8-16(13-15)24-21(26)18-11-4-5-12-19(18)22(27)28/h1-13H,14H2,(H,23,25)(H,24,26)(H,27,28). The normalized spacial score (nSPS) is 10.1. The van der Waals surface area contributed by atoms with Gasteiger partial charge in [0.05, 0.1) is 11.1 Å². The van der Waals surface area contributed by atoms with Crippen LogP contribution in [0.4, 0.5) is 11.4 Å². The SMILES string of the molecule is O=C(COc1ccccc1)Nc1cccc(NC(=O)c2ccccc2C(=O)O)c1. The number of para-hydroxylation sites is 1. The third-order valence-corrected chi connectivity index (χ3v) is 3.92. The Morgan fingerprint density at radius 1 is 0.759 bits per heavy atom. The highest BCUT2D eigenvalue weighted by molar-refractivity contribution is 6.10. The van der Waals surface area contributed by atoms with Crippen molar-refractivity contribution < 1.29 is 24.2 Å². The van der Waals surface area contributed by atoms with Crippen LogP contribution in [0.3, 0.4) is 0 Å². The third-order valence-electron chi connectivity index (χ3n) is 3.92. The van der Waals surface area contributed by atoms with Crippen molar-refractivity contribution in [3.05, 3.63) is 90.0 Å². The number of nitrogens with one attached hydrogen (secondary N) is 2. The lowest BCUT2D eigenvalue weighted by Gasteiger charge is -2.10. The minimum Gasteiger partial charge on any atom is -0.484 e. The Morgan fingerprint density at radius 2 is 1.38 bits per heavy atom. The summed E-state index contributed by atoms with van der Waals surface area (Å²) in [6.07, 6.45) is 0. The van der Waals surface area contributed by atoms with Gasteiger partial charge in [-0.1, -0.05) is 36.4 Å². The maximum atomic E-state index is 12.5. The number of carboxylic acids is 1. The first-order chi connectivity index (χ1) is 14.0. The molecule has 0 fully saturated rings. The molecule has 0 saturated heterocycles. The number of amides is 2. The van der Waals surface area contributed by atoms with E-state index in [1.807, 2.05) is 18.2 Å². The molecule has 3 rings (SSSR count). The van der Waals surface area contributed by atoms with E-state index in [-0.39, 0.29) is 23.6 Å². The first kappa shape index (κ1) is 19.6. The van der Waals surface area contributed by atoms with Gasteiger partial charge in [0.15, 0.2) is 6.61 Å². The van der Waals surface area contributed by atoms with Crippen LogP contribution < -0.4 is 15.4 Å². The predicted octanol–water partition coefficient (Wildman–Crippen LogP) is 3.65. The van der Waals surface area contributed by atoms with Gasteiger partial charge < -0.3 is 20.5 Å². The zero-order valence-corrected chi connectivity index (χ0v) is 15.3. The number of carbonyl (C=O) groups excluding carboxylic acids is 2. The predicted molar refractivity (Wildman–Crippen MR) is 108 cm³/mol. The highest BCUT2D eigenvalue weighted by atomic mass is 16.5. The zero-order valence-electron chi connectivity index (χ0n) is 15.3. The van der Waals surface area contributed by atoms with Gasteiger partial charge in [0.2, 0.25) is 0 Å². The lowest BCUT2D eigenvalue weighted by molar-refractivity contribution is -0.118. The van der Waals surface area contributed by atoms with Gasteiger partial charge in [-0.3, -0.25) is 9.59 Å². The van der Waals surface area contributed by atoms with Crippen molar-refractivity contribution >= 4 is 29.2 Å². The van der Waals surface area contributed by atoms with Crippen LogP contribution in [0.25, 0.3) is 0 Å². The number of ether oxygens (including phenoxy) is 1. The van der Waals surface area contributed by atoms with Crippen LogP contribution in [-0.4, -0.2) is 29.5 Å². The lowest BCUT2D eigenvalue weighted by atomic mass is 10.1. The van der Waals surface area contributed by atoms with Crippen LogP contribution in [0.1, 0.15) is 20.7 Å². The number of benzene rings is 3. The number of rotatable bonds is 7. The minimum atomic E-state index is -1.19. The van der Waals surface area contributed by atoms with E-state index in [2.05, 4.69) is 10.6 Å². The summed E-state index contributed by atoms with van der Waals surface area (Å²) in [6, 6.07) is 21.4. The summed E-state index contributed by atoms with van der Waals surface area (Å²) in [5.74, 6) is -1.51. The molecule has 0 heterocycles. The number of aromatic carboxylic acids is 1. The summed E-state index contributed by atoms with van der Waals surface area (Å²) in [5, 5.41) is 14.5. The molecule has 0 unspecified atom stereocenters. The molecule has 29 heavy (non-hydrogen) atoms. The zero-order chi connectivity index (χ0) is 20.6. The Kier molecular flexibility index (Phi) is 6.22. The van der Waals surface area contributed by atoms with Gasteiger partial charge in [0.25, 0.3) is 11.8 Å². The molecule has 0 aliphatic rings. The maximum absolute atomic E-state index is 12.5. The number of hydrogen-bond donors (Lipinski definition) is 3. The average Bonchev–Trinajstić information content (AvgIpc) is 2.73. The molecule has 0 saturated carbocycles. The fourth-order valence-corrected chi connectivity index (χ4v) is 2.60. The Hall–Kier alpha value is -4.13. The molecule has 0 radical (unpaired) electrons. The largest absolute Gasteiger partial charge is 0.484 e. The molecule has 0 aliphatic carbocycles. The number of carbonyl (C=O) groups is 3. The molecular weight excluding hydrogens is 372 g/mol. The fourth-order valence-electron chi connectivity index (χ4n) is 2.60. The molecule has 146 valence electrons. The average molecular weight is 390 g/mol. The van der Waals surface area contributed by atoms with Crippen LogP contribution in [0, 0.1) is 0 Å². The highest BCUT2D eigenvalue weighted by Gasteiger charge is 2.16. The van der Waals surface area contributed by atoms with Gasteiger partial charge >= 0.3 is 5.97 Å². The van der Waals surface area contributed by atoms with Crippen LogP contribution in [0.15, 0.2) is 78.9 Å². The van der Waals surface area contributed by atoms with E-state index in [4.69, 9.17) is 4.74 Å². The van der Waals surface area contributed by atoms with E-state index in [9.17, 15) is 19.5 Å². The van der Waals surface area contributed by atoms with Crippen molar-refractivity contribution in [3.8, 4) is 5.75 Å². The monoisotopic (exact) mass is 390 g/mol. The molecule has 0 atom stereocenters. The summed E-state index contributed by atoms with van der Waals surface area (Å²) < 4.78 is 5.39. The van der Waals surface area contributed by atoms with E-state index in [1.54, 1.807) is 48.5 Å². The molecular formula is C22H18N2O5. The lowest BCUT2D eigenvalue weighted by Crippen LogP contribution is -2.20. The quantitative estimate of drug-likeness (QED) is 0.571. The Morgan fingerprint density at radius 3 is 2.07 bits per heavy atom. The van der Waals surface area contributed by atoms with E-state index in [1.165, 1.54) is 12.1 Å². The van der Waals surface area contributed by atoms with Crippen LogP contribution >= 0.6 is 0 Å². The Labute approximate surface area is 166 Å². The molecule has 0 bridgehead atoms. The van der Waals surface area contributed by atoms with E-state index in [0.717, 1.165) is 0 Å². The van der Waals surface area contributed by atoms with Crippen LogP contribution in [-0.2, 0) is 4.79 Å².